The minimum Gasteiger partial charge on any atom is -0.419 e. The molecular weight excluding hydrogens is 368 g/mol. The first-order valence-corrected chi connectivity index (χ1v) is 10.1. The fourth-order valence-corrected chi connectivity index (χ4v) is 3.78. The summed E-state index contributed by atoms with van der Waals surface area (Å²) < 4.78 is 8.01. The van der Waals surface area contributed by atoms with Crippen LogP contribution in [0.2, 0.25) is 0 Å². The average molecular weight is 391 g/mol. The van der Waals surface area contributed by atoms with E-state index in [4.69, 9.17) is 4.42 Å². The van der Waals surface area contributed by atoms with Crippen molar-refractivity contribution >= 4 is 11.8 Å². The Morgan fingerprint density at radius 3 is 2.50 bits per heavy atom. The van der Waals surface area contributed by atoms with E-state index in [-0.39, 0.29) is 5.25 Å². The number of aromatic nitrogens is 4. The normalized spacial score (nSPS) is 12.3. The molecule has 5 nitrogen and oxygen atoms in total. The Morgan fingerprint density at radius 1 is 0.964 bits per heavy atom. The molecule has 4 rings (SSSR count). The third-order valence-corrected chi connectivity index (χ3v) is 5.81. The molecule has 6 heteroatoms. The molecule has 0 saturated heterocycles. The van der Waals surface area contributed by atoms with Crippen LogP contribution in [0.5, 0.6) is 0 Å². The molecule has 0 aliphatic carbocycles. The minimum absolute atomic E-state index is 0.0145. The van der Waals surface area contributed by atoms with E-state index in [1.54, 1.807) is 11.8 Å². The van der Waals surface area contributed by atoms with Crippen LogP contribution in [0.15, 0.2) is 64.4 Å². The van der Waals surface area contributed by atoms with Crippen LogP contribution in [-0.4, -0.2) is 19.7 Å². The van der Waals surface area contributed by atoms with Gasteiger partial charge in [0.15, 0.2) is 5.16 Å². The molecule has 1 unspecified atom stereocenters. The Kier molecular flexibility index (Phi) is 5.05. The lowest BCUT2D eigenvalue weighted by Crippen LogP contribution is -1.98. The molecule has 0 bridgehead atoms. The molecule has 0 aliphatic rings. The van der Waals surface area contributed by atoms with Crippen molar-refractivity contribution in [2.75, 3.05) is 0 Å². The van der Waals surface area contributed by atoms with Crippen molar-refractivity contribution in [2.45, 2.75) is 38.1 Å². The molecule has 0 fully saturated rings. The highest BCUT2D eigenvalue weighted by Gasteiger charge is 2.19. The summed E-state index contributed by atoms with van der Waals surface area (Å²) in [7, 11) is 0. The number of aryl methyl sites for hydroxylation is 3. The van der Waals surface area contributed by atoms with Gasteiger partial charge in [-0.1, -0.05) is 35.5 Å². The molecule has 4 aromatic rings. The van der Waals surface area contributed by atoms with Gasteiger partial charge in [-0.25, -0.2) is 4.98 Å². The van der Waals surface area contributed by atoms with E-state index in [1.807, 2.05) is 36.7 Å². The van der Waals surface area contributed by atoms with Gasteiger partial charge >= 0.3 is 0 Å². The fraction of sp³-hybridized carbons (Fsp3) is 0.227. The average Bonchev–Trinajstić information content (AvgIpc) is 3.34. The van der Waals surface area contributed by atoms with Crippen LogP contribution in [0.4, 0.5) is 0 Å². The van der Waals surface area contributed by atoms with Crippen LogP contribution in [0.3, 0.4) is 0 Å². The highest BCUT2D eigenvalue weighted by Crippen LogP contribution is 2.35. The Labute approximate surface area is 168 Å². The molecule has 0 N–H and O–H groups in total. The van der Waals surface area contributed by atoms with E-state index >= 15 is 0 Å². The smallest absolute Gasteiger partial charge is 0.247 e. The number of thioether (sulfide) groups is 1. The summed E-state index contributed by atoms with van der Waals surface area (Å²) >= 11 is 1.60. The van der Waals surface area contributed by atoms with Gasteiger partial charge in [0.25, 0.3) is 0 Å². The molecule has 0 amide bonds. The molecule has 0 aliphatic heterocycles. The zero-order chi connectivity index (χ0) is 19.7. The Balaban J connectivity index is 1.55. The van der Waals surface area contributed by atoms with E-state index in [0.717, 1.165) is 16.4 Å². The van der Waals surface area contributed by atoms with Crippen molar-refractivity contribution in [3.63, 3.8) is 0 Å². The third-order valence-electron chi connectivity index (χ3n) is 4.74. The van der Waals surface area contributed by atoms with Crippen molar-refractivity contribution in [3.8, 4) is 17.1 Å². The van der Waals surface area contributed by atoms with E-state index < -0.39 is 0 Å². The molecule has 2 heterocycles. The van der Waals surface area contributed by atoms with Crippen molar-refractivity contribution in [2.24, 2.45) is 0 Å². The van der Waals surface area contributed by atoms with Crippen molar-refractivity contribution < 1.29 is 4.42 Å². The zero-order valence-electron chi connectivity index (χ0n) is 16.4. The molecule has 0 saturated carbocycles. The predicted molar refractivity (Wildman–Crippen MR) is 112 cm³/mol. The van der Waals surface area contributed by atoms with Crippen LogP contribution in [0.1, 0.15) is 34.8 Å². The summed E-state index contributed by atoms with van der Waals surface area (Å²) in [5, 5.41) is 9.34. The minimum atomic E-state index is -0.0145. The van der Waals surface area contributed by atoms with Gasteiger partial charge in [-0.2, -0.15) is 0 Å². The number of hydrogen-bond acceptors (Lipinski definition) is 5. The molecular formula is C22H22N4OS. The quantitative estimate of drug-likeness (QED) is 0.409. The maximum Gasteiger partial charge on any atom is 0.247 e. The second-order valence-electron chi connectivity index (χ2n) is 6.92. The summed E-state index contributed by atoms with van der Waals surface area (Å²) in [5.41, 5.74) is 5.76. The number of benzene rings is 2. The summed E-state index contributed by atoms with van der Waals surface area (Å²) in [6, 6.07) is 14.5. The largest absolute Gasteiger partial charge is 0.419 e. The lowest BCUT2D eigenvalue weighted by Gasteiger charge is -2.11. The number of imidazole rings is 1. The summed E-state index contributed by atoms with van der Waals surface area (Å²) in [6.07, 6.45) is 3.79. The van der Waals surface area contributed by atoms with Crippen molar-refractivity contribution in [1.29, 1.82) is 0 Å². The molecule has 0 spiro atoms. The monoisotopic (exact) mass is 390 g/mol. The molecule has 2 aromatic heterocycles. The van der Waals surface area contributed by atoms with Crippen molar-refractivity contribution in [1.82, 2.24) is 19.7 Å². The van der Waals surface area contributed by atoms with E-state index in [2.05, 4.69) is 65.6 Å². The lowest BCUT2D eigenvalue weighted by atomic mass is 10.1. The standard InChI is InChI=1S/C22H22N4OS/c1-14-5-8-18(9-6-14)21-25-24-20(27-21)17(4)28-22-23-11-12-26(22)19-10-7-15(2)16(3)13-19/h5-13,17H,1-4H3. The van der Waals surface area contributed by atoms with Gasteiger partial charge in [-0.05, 0) is 63.1 Å². The predicted octanol–water partition coefficient (Wildman–Crippen LogP) is 5.70. The van der Waals surface area contributed by atoms with E-state index in [9.17, 15) is 0 Å². The second kappa shape index (κ2) is 7.64. The van der Waals surface area contributed by atoms with Gasteiger partial charge in [0, 0.05) is 23.6 Å². The SMILES string of the molecule is Cc1ccc(-c2nnc(C(C)Sc3nccn3-c3ccc(C)c(C)c3)o2)cc1. The first-order chi connectivity index (χ1) is 13.5. The number of hydrogen-bond donors (Lipinski definition) is 0. The maximum absolute atomic E-state index is 5.92. The highest BCUT2D eigenvalue weighted by atomic mass is 32.2. The summed E-state index contributed by atoms with van der Waals surface area (Å²) in [4.78, 5) is 4.52. The van der Waals surface area contributed by atoms with Gasteiger partial charge in [0.05, 0.1) is 5.25 Å². The van der Waals surface area contributed by atoms with Gasteiger partial charge in [0.1, 0.15) is 0 Å². The molecule has 142 valence electrons. The molecule has 0 radical (unpaired) electrons. The van der Waals surface area contributed by atoms with Gasteiger partial charge in [0.2, 0.25) is 11.8 Å². The first-order valence-electron chi connectivity index (χ1n) is 9.19. The van der Waals surface area contributed by atoms with Crippen LogP contribution in [0, 0.1) is 20.8 Å². The number of rotatable bonds is 5. The van der Waals surface area contributed by atoms with Crippen molar-refractivity contribution in [3.05, 3.63) is 77.4 Å². The van der Waals surface area contributed by atoms with Gasteiger partial charge in [-0.3, -0.25) is 4.57 Å². The Bertz CT molecular complexity index is 1100. The lowest BCUT2D eigenvalue weighted by molar-refractivity contribution is 0.509. The van der Waals surface area contributed by atoms with Crippen LogP contribution >= 0.6 is 11.8 Å². The molecule has 28 heavy (non-hydrogen) atoms. The Morgan fingerprint density at radius 2 is 1.75 bits per heavy atom. The second-order valence-corrected chi connectivity index (χ2v) is 8.23. The topological polar surface area (TPSA) is 56.7 Å². The van der Waals surface area contributed by atoms with Crippen LogP contribution in [0.25, 0.3) is 17.1 Å². The summed E-state index contributed by atoms with van der Waals surface area (Å²) in [5.74, 6) is 1.13. The van der Waals surface area contributed by atoms with Crippen LogP contribution < -0.4 is 0 Å². The zero-order valence-corrected chi connectivity index (χ0v) is 17.2. The molecule has 1 atom stereocenters. The highest BCUT2D eigenvalue weighted by molar-refractivity contribution is 7.99. The summed E-state index contributed by atoms with van der Waals surface area (Å²) in [6.45, 7) is 8.35. The van der Waals surface area contributed by atoms with Crippen LogP contribution in [-0.2, 0) is 0 Å². The van der Waals surface area contributed by atoms with Gasteiger partial charge in [-0.15, -0.1) is 10.2 Å². The number of nitrogens with zero attached hydrogens (tertiary/aromatic N) is 4. The van der Waals surface area contributed by atoms with E-state index in [0.29, 0.717) is 11.8 Å². The third kappa shape index (κ3) is 3.73. The van der Waals surface area contributed by atoms with E-state index in [1.165, 1.54) is 16.7 Å². The Hall–Kier alpha value is -2.86. The molecule has 2 aromatic carbocycles. The fourth-order valence-electron chi connectivity index (χ4n) is 2.87. The maximum atomic E-state index is 5.92. The van der Waals surface area contributed by atoms with Gasteiger partial charge < -0.3 is 4.42 Å². The first kappa shape index (κ1) is 18.5.